The highest BCUT2D eigenvalue weighted by molar-refractivity contribution is 5.86. The summed E-state index contributed by atoms with van der Waals surface area (Å²) in [4.78, 5) is 22.8. The van der Waals surface area contributed by atoms with Gasteiger partial charge in [-0.1, -0.05) is 0 Å². The first-order chi connectivity index (χ1) is 12.2. The van der Waals surface area contributed by atoms with Crippen LogP contribution in [0.5, 0.6) is 0 Å². The second-order valence-electron chi connectivity index (χ2n) is 7.31. The molecule has 150 valence electrons. The Balaban J connectivity index is 0.00000131. The van der Waals surface area contributed by atoms with E-state index >= 15 is 0 Å². The average molecular weight is 415 g/mol. The van der Waals surface area contributed by atoms with Gasteiger partial charge in [0, 0.05) is 50.6 Å². The number of amides is 1. The molecule has 0 aliphatic carbocycles. The first-order valence-electron chi connectivity index (χ1n) is 9.23. The lowest BCUT2D eigenvalue weighted by atomic mass is 9.78. The smallest absolute Gasteiger partial charge is 0.230 e. The third-order valence-corrected chi connectivity index (χ3v) is 6.00. The number of hydrogen-bond donors (Lipinski definition) is 2. The molecule has 4 rings (SSSR count). The van der Waals surface area contributed by atoms with Crippen LogP contribution in [0, 0.1) is 5.41 Å². The van der Waals surface area contributed by atoms with Crippen LogP contribution in [0.25, 0.3) is 11.0 Å². The molecule has 0 spiro atoms. The molecule has 2 aromatic heterocycles. The molecule has 0 bridgehead atoms. The van der Waals surface area contributed by atoms with Crippen LogP contribution in [-0.2, 0) is 9.53 Å². The van der Waals surface area contributed by atoms with E-state index in [4.69, 9.17) is 10.5 Å². The summed E-state index contributed by atoms with van der Waals surface area (Å²) in [6, 6.07) is 4.10. The second-order valence-corrected chi connectivity index (χ2v) is 7.31. The predicted molar refractivity (Wildman–Crippen MR) is 111 cm³/mol. The van der Waals surface area contributed by atoms with Crippen LogP contribution >= 0.6 is 24.8 Å². The molecule has 2 aliphatic heterocycles. The minimum atomic E-state index is -0.407. The Labute approximate surface area is 172 Å². The number of H-pyrrole nitrogens is 1. The lowest BCUT2D eigenvalue weighted by Gasteiger charge is -2.41. The number of rotatable bonds is 3. The van der Waals surface area contributed by atoms with E-state index in [1.165, 1.54) is 10.9 Å². The van der Waals surface area contributed by atoms with E-state index < -0.39 is 5.41 Å². The molecule has 0 aromatic carbocycles. The van der Waals surface area contributed by atoms with Crippen molar-refractivity contribution in [3.05, 3.63) is 30.1 Å². The van der Waals surface area contributed by atoms with Crippen molar-refractivity contribution in [2.24, 2.45) is 11.1 Å². The second kappa shape index (κ2) is 9.24. The highest BCUT2D eigenvalue weighted by atomic mass is 35.5. The summed E-state index contributed by atoms with van der Waals surface area (Å²) in [5.74, 6) is 0.711. The molecular weight excluding hydrogens is 387 g/mol. The van der Waals surface area contributed by atoms with Crippen LogP contribution in [-0.4, -0.2) is 53.6 Å². The van der Waals surface area contributed by atoms with E-state index in [0.717, 1.165) is 44.4 Å². The van der Waals surface area contributed by atoms with Crippen LogP contribution in [0.2, 0.25) is 0 Å². The minimum Gasteiger partial charge on any atom is -0.381 e. The molecule has 8 heteroatoms. The summed E-state index contributed by atoms with van der Waals surface area (Å²) in [7, 11) is 0. The fourth-order valence-electron chi connectivity index (χ4n) is 4.31. The number of aromatic amines is 1. The van der Waals surface area contributed by atoms with Crippen molar-refractivity contribution in [2.75, 3.05) is 32.8 Å². The molecule has 2 saturated heterocycles. The fraction of sp³-hybridized carbons (Fsp3) is 0.579. The number of pyridine rings is 1. The third kappa shape index (κ3) is 4.09. The molecule has 0 atom stereocenters. The van der Waals surface area contributed by atoms with E-state index in [1.807, 2.05) is 17.2 Å². The van der Waals surface area contributed by atoms with E-state index in [2.05, 4.69) is 22.2 Å². The number of carbonyl (C=O) groups is 1. The fourth-order valence-corrected chi connectivity index (χ4v) is 4.31. The Hall–Kier alpha value is -1.34. The molecule has 3 N–H and O–H groups in total. The zero-order chi connectivity index (χ0) is 17.3. The van der Waals surface area contributed by atoms with Crippen molar-refractivity contribution in [2.45, 2.75) is 31.6 Å². The molecule has 27 heavy (non-hydrogen) atoms. The Morgan fingerprint density at radius 1 is 1.30 bits per heavy atom. The summed E-state index contributed by atoms with van der Waals surface area (Å²) < 4.78 is 5.44. The van der Waals surface area contributed by atoms with Crippen LogP contribution in [0.3, 0.4) is 0 Å². The van der Waals surface area contributed by atoms with Crippen molar-refractivity contribution in [3.8, 4) is 0 Å². The summed E-state index contributed by atoms with van der Waals surface area (Å²) in [6.45, 7) is 3.31. The summed E-state index contributed by atoms with van der Waals surface area (Å²) >= 11 is 0. The number of halogens is 2. The zero-order valence-electron chi connectivity index (χ0n) is 15.4. The van der Waals surface area contributed by atoms with Gasteiger partial charge in [-0.15, -0.1) is 24.8 Å². The van der Waals surface area contributed by atoms with Gasteiger partial charge in [-0.3, -0.25) is 4.79 Å². The van der Waals surface area contributed by atoms with Gasteiger partial charge in [0.2, 0.25) is 5.91 Å². The van der Waals surface area contributed by atoms with Gasteiger partial charge in [-0.25, -0.2) is 4.98 Å². The molecule has 6 nitrogen and oxygen atoms in total. The van der Waals surface area contributed by atoms with E-state index in [1.54, 1.807) is 0 Å². The lowest BCUT2D eigenvalue weighted by molar-refractivity contribution is -0.148. The van der Waals surface area contributed by atoms with Gasteiger partial charge >= 0.3 is 0 Å². The number of nitrogens with zero attached hydrogens (tertiary/aromatic N) is 2. The molecule has 0 unspecified atom stereocenters. The average Bonchev–Trinajstić information content (AvgIpc) is 3.12. The number of hydrogen-bond acceptors (Lipinski definition) is 4. The van der Waals surface area contributed by atoms with E-state index in [0.29, 0.717) is 25.7 Å². The molecular formula is C19H28Cl2N4O2. The molecule has 2 aliphatic rings. The SMILES string of the molecule is Cl.Cl.NCC1(C(=O)N2CCC(c3c[nH]c4ncccc34)CC2)CCOCC1. The van der Waals surface area contributed by atoms with Crippen LogP contribution < -0.4 is 5.73 Å². The first kappa shape index (κ1) is 22.0. The van der Waals surface area contributed by atoms with Crippen molar-refractivity contribution < 1.29 is 9.53 Å². The maximum absolute atomic E-state index is 13.1. The van der Waals surface area contributed by atoms with Gasteiger partial charge in [0.25, 0.3) is 0 Å². The largest absolute Gasteiger partial charge is 0.381 e. The topological polar surface area (TPSA) is 84.2 Å². The van der Waals surface area contributed by atoms with E-state index in [-0.39, 0.29) is 30.7 Å². The first-order valence-corrected chi connectivity index (χ1v) is 9.23. The van der Waals surface area contributed by atoms with Crippen molar-refractivity contribution >= 4 is 41.8 Å². The summed E-state index contributed by atoms with van der Waals surface area (Å²) in [6.07, 6.45) is 7.37. The molecule has 2 aromatic rings. The van der Waals surface area contributed by atoms with Gasteiger partial charge in [0.05, 0.1) is 5.41 Å². The van der Waals surface area contributed by atoms with Gasteiger partial charge in [0.1, 0.15) is 5.65 Å². The minimum absolute atomic E-state index is 0. The monoisotopic (exact) mass is 414 g/mol. The molecule has 0 saturated carbocycles. The van der Waals surface area contributed by atoms with E-state index in [9.17, 15) is 4.79 Å². The normalized spacial score (nSPS) is 20.0. The number of carbonyl (C=O) groups excluding carboxylic acids is 1. The standard InChI is InChI=1S/C19H26N4O2.2ClH/c20-13-19(5-10-25-11-6-19)18(24)23-8-3-14(4-9-23)16-12-22-17-15(16)2-1-7-21-17;;/h1-2,7,12,14H,3-6,8-11,13,20H2,(H,21,22);2*1H. The van der Waals surface area contributed by atoms with Crippen molar-refractivity contribution in [1.29, 1.82) is 0 Å². The number of piperidine rings is 1. The Morgan fingerprint density at radius 3 is 2.67 bits per heavy atom. The molecule has 1 amide bonds. The van der Waals surface area contributed by atoms with Crippen molar-refractivity contribution in [1.82, 2.24) is 14.9 Å². The Morgan fingerprint density at radius 2 is 2.00 bits per heavy atom. The Kier molecular flexibility index (Phi) is 7.51. The molecule has 0 radical (unpaired) electrons. The van der Waals surface area contributed by atoms with Gasteiger partial charge in [-0.2, -0.15) is 0 Å². The molecule has 4 heterocycles. The number of aromatic nitrogens is 2. The molecule has 2 fully saturated rings. The maximum atomic E-state index is 13.1. The highest BCUT2D eigenvalue weighted by Gasteiger charge is 2.42. The number of ether oxygens (including phenoxy) is 1. The third-order valence-electron chi connectivity index (χ3n) is 6.00. The van der Waals surface area contributed by atoms with Crippen LogP contribution in [0.15, 0.2) is 24.5 Å². The van der Waals surface area contributed by atoms with Crippen molar-refractivity contribution in [3.63, 3.8) is 0 Å². The van der Waals surface area contributed by atoms with Gasteiger partial charge in [0.15, 0.2) is 0 Å². The Bertz CT molecular complexity index is 753. The van der Waals surface area contributed by atoms with Gasteiger partial charge in [-0.05, 0) is 49.3 Å². The lowest BCUT2D eigenvalue weighted by Crippen LogP contribution is -2.52. The quantitative estimate of drug-likeness (QED) is 0.808. The van der Waals surface area contributed by atoms with Crippen LogP contribution in [0.1, 0.15) is 37.2 Å². The number of fused-ring (bicyclic) bond motifs is 1. The summed E-state index contributed by atoms with van der Waals surface area (Å²) in [5.41, 5.74) is 7.86. The number of nitrogens with one attached hydrogen (secondary N) is 1. The predicted octanol–water partition coefficient (Wildman–Crippen LogP) is 2.87. The van der Waals surface area contributed by atoms with Gasteiger partial charge < -0.3 is 20.4 Å². The zero-order valence-corrected chi connectivity index (χ0v) is 17.0. The summed E-state index contributed by atoms with van der Waals surface area (Å²) in [5, 5.41) is 1.20. The number of nitrogens with two attached hydrogens (primary N) is 1. The highest BCUT2D eigenvalue weighted by Crippen LogP contribution is 2.36. The number of likely N-dealkylation sites (tertiary alicyclic amines) is 1. The van der Waals surface area contributed by atoms with Crippen LogP contribution in [0.4, 0.5) is 0 Å². The maximum Gasteiger partial charge on any atom is 0.230 e.